The summed E-state index contributed by atoms with van der Waals surface area (Å²) in [7, 11) is 0. The molecule has 4 heteroatoms. The number of urea groups is 1. The maximum atomic E-state index is 12.1. The van der Waals surface area contributed by atoms with Crippen LogP contribution in [0.3, 0.4) is 0 Å². The Morgan fingerprint density at radius 3 is 2.83 bits per heavy atom. The molecule has 2 aliphatic rings. The van der Waals surface area contributed by atoms with Gasteiger partial charge in [0.15, 0.2) is 0 Å². The lowest BCUT2D eigenvalue weighted by Crippen LogP contribution is -2.52. The topological polar surface area (TPSA) is 49.4 Å². The fourth-order valence-electron chi connectivity index (χ4n) is 3.21. The van der Waals surface area contributed by atoms with Gasteiger partial charge in [-0.1, -0.05) is 6.92 Å². The lowest BCUT2D eigenvalue weighted by Gasteiger charge is -2.38. The molecular weight excluding hydrogens is 228 g/mol. The third-order valence-corrected chi connectivity index (χ3v) is 4.15. The molecule has 2 rings (SSSR count). The maximum Gasteiger partial charge on any atom is 0.317 e. The Balaban J connectivity index is 2.01. The fourth-order valence-corrected chi connectivity index (χ4v) is 3.21. The molecule has 18 heavy (non-hydrogen) atoms. The van der Waals surface area contributed by atoms with E-state index in [1.165, 1.54) is 0 Å². The van der Waals surface area contributed by atoms with E-state index in [4.69, 9.17) is 0 Å². The minimum atomic E-state index is 0.0289. The van der Waals surface area contributed by atoms with E-state index in [-0.39, 0.29) is 18.0 Å². The zero-order chi connectivity index (χ0) is 13.0. The molecule has 0 bridgehead atoms. The SMILES string of the molecule is CCCNC(=O)N1CCCCC1C1CCCC1=O. The molecule has 0 spiro atoms. The highest BCUT2D eigenvalue weighted by Gasteiger charge is 2.38. The summed E-state index contributed by atoms with van der Waals surface area (Å²) in [5.41, 5.74) is 0. The van der Waals surface area contributed by atoms with E-state index in [0.29, 0.717) is 12.2 Å². The minimum Gasteiger partial charge on any atom is -0.338 e. The van der Waals surface area contributed by atoms with E-state index in [2.05, 4.69) is 12.2 Å². The van der Waals surface area contributed by atoms with Gasteiger partial charge in [0.2, 0.25) is 0 Å². The summed E-state index contributed by atoms with van der Waals surface area (Å²) in [5.74, 6) is 0.480. The Morgan fingerprint density at radius 1 is 1.33 bits per heavy atom. The highest BCUT2D eigenvalue weighted by atomic mass is 16.2. The van der Waals surface area contributed by atoms with Gasteiger partial charge in [-0.15, -0.1) is 0 Å². The number of nitrogens with zero attached hydrogens (tertiary/aromatic N) is 1. The van der Waals surface area contributed by atoms with Crippen LogP contribution < -0.4 is 5.32 Å². The molecule has 0 radical (unpaired) electrons. The number of rotatable bonds is 3. The molecular formula is C14H24N2O2. The molecule has 2 atom stereocenters. The third kappa shape index (κ3) is 2.85. The first-order valence-corrected chi connectivity index (χ1v) is 7.31. The molecule has 0 aromatic carbocycles. The van der Waals surface area contributed by atoms with Gasteiger partial charge in [0.1, 0.15) is 5.78 Å². The van der Waals surface area contributed by atoms with Crippen LogP contribution in [0.5, 0.6) is 0 Å². The van der Waals surface area contributed by atoms with Gasteiger partial charge in [-0.2, -0.15) is 0 Å². The van der Waals surface area contributed by atoms with Crippen molar-refractivity contribution in [2.24, 2.45) is 5.92 Å². The molecule has 2 fully saturated rings. The monoisotopic (exact) mass is 252 g/mol. The predicted octanol–water partition coefficient (Wildman–Crippen LogP) is 2.33. The van der Waals surface area contributed by atoms with Gasteiger partial charge in [0.05, 0.1) is 0 Å². The maximum absolute atomic E-state index is 12.1. The number of carbonyl (C=O) groups is 2. The first kappa shape index (κ1) is 13.4. The molecule has 4 nitrogen and oxygen atoms in total. The van der Waals surface area contributed by atoms with E-state index in [0.717, 1.165) is 51.6 Å². The first-order valence-electron chi connectivity index (χ1n) is 7.31. The van der Waals surface area contributed by atoms with Crippen LogP contribution in [0.2, 0.25) is 0 Å². The molecule has 1 N–H and O–H groups in total. The summed E-state index contributed by atoms with van der Waals surface area (Å²) < 4.78 is 0. The molecule has 0 aromatic rings. The third-order valence-electron chi connectivity index (χ3n) is 4.15. The Hall–Kier alpha value is -1.06. The molecule has 102 valence electrons. The van der Waals surface area contributed by atoms with Crippen LogP contribution in [-0.4, -0.2) is 35.8 Å². The first-order chi connectivity index (χ1) is 8.74. The molecule has 2 amide bonds. The van der Waals surface area contributed by atoms with E-state index < -0.39 is 0 Å². The van der Waals surface area contributed by atoms with Gasteiger partial charge in [-0.3, -0.25) is 4.79 Å². The van der Waals surface area contributed by atoms with Crippen LogP contribution in [0.4, 0.5) is 4.79 Å². The van der Waals surface area contributed by atoms with E-state index in [9.17, 15) is 9.59 Å². The molecule has 1 aliphatic carbocycles. The molecule has 0 aromatic heterocycles. The number of carbonyl (C=O) groups excluding carboxylic acids is 2. The molecule has 1 saturated carbocycles. The predicted molar refractivity (Wildman–Crippen MR) is 70.4 cm³/mol. The minimum absolute atomic E-state index is 0.0289. The van der Waals surface area contributed by atoms with E-state index in [1.807, 2.05) is 4.90 Å². The second kappa shape index (κ2) is 6.21. The van der Waals surface area contributed by atoms with Crippen LogP contribution in [0.1, 0.15) is 51.9 Å². The number of likely N-dealkylation sites (tertiary alicyclic amines) is 1. The number of nitrogens with one attached hydrogen (secondary N) is 1. The van der Waals surface area contributed by atoms with Crippen molar-refractivity contribution in [1.82, 2.24) is 10.2 Å². The fraction of sp³-hybridized carbons (Fsp3) is 0.857. The second-order valence-electron chi connectivity index (χ2n) is 5.45. The molecule has 2 unspecified atom stereocenters. The summed E-state index contributed by atoms with van der Waals surface area (Å²) in [6.45, 7) is 3.58. The van der Waals surface area contributed by atoms with Crippen LogP contribution in [-0.2, 0) is 4.79 Å². The van der Waals surface area contributed by atoms with E-state index in [1.54, 1.807) is 0 Å². The normalized spacial score (nSPS) is 28.5. The van der Waals surface area contributed by atoms with Crippen molar-refractivity contribution in [3.63, 3.8) is 0 Å². The highest BCUT2D eigenvalue weighted by Crippen LogP contribution is 2.32. The number of amides is 2. The number of hydrogen-bond acceptors (Lipinski definition) is 2. The summed E-state index contributed by atoms with van der Waals surface area (Å²) in [5, 5.41) is 2.95. The Bertz CT molecular complexity index is 317. The Kier molecular flexibility index (Phi) is 4.61. The van der Waals surface area contributed by atoms with Gasteiger partial charge in [0.25, 0.3) is 0 Å². The average molecular weight is 252 g/mol. The summed E-state index contributed by atoms with van der Waals surface area (Å²) in [6.07, 6.45) is 6.85. The number of piperidine rings is 1. The second-order valence-corrected chi connectivity index (χ2v) is 5.45. The smallest absolute Gasteiger partial charge is 0.317 e. The van der Waals surface area contributed by atoms with Crippen LogP contribution in [0.15, 0.2) is 0 Å². The number of ketones is 1. The van der Waals surface area contributed by atoms with Gasteiger partial charge in [0, 0.05) is 31.5 Å². The molecule has 1 saturated heterocycles. The zero-order valence-electron chi connectivity index (χ0n) is 11.3. The van der Waals surface area contributed by atoms with Gasteiger partial charge >= 0.3 is 6.03 Å². The lowest BCUT2D eigenvalue weighted by atomic mass is 9.89. The van der Waals surface area contributed by atoms with Gasteiger partial charge in [-0.25, -0.2) is 4.79 Å². The molecule has 1 aliphatic heterocycles. The number of Topliss-reactive ketones (excluding diaryl/α,β-unsaturated/α-hetero) is 1. The van der Waals surface area contributed by atoms with Crippen molar-refractivity contribution >= 4 is 11.8 Å². The number of hydrogen-bond donors (Lipinski definition) is 1. The van der Waals surface area contributed by atoms with Crippen molar-refractivity contribution in [1.29, 1.82) is 0 Å². The van der Waals surface area contributed by atoms with E-state index >= 15 is 0 Å². The highest BCUT2D eigenvalue weighted by molar-refractivity contribution is 5.84. The summed E-state index contributed by atoms with van der Waals surface area (Å²) in [6, 6.07) is 0.187. The van der Waals surface area contributed by atoms with Gasteiger partial charge < -0.3 is 10.2 Å². The van der Waals surface area contributed by atoms with Crippen LogP contribution >= 0.6 is 0 Å². The lowest BCUT2D eigenvalue weighted by molar-refractivity contribution is -0.122. The van der Waals surface area contributed by atoms with Crippen molar-refractivity contribution in [3.8, 4) is 0 Å². The summed E-state index contributed by atoms with van der Waals surface area (Å²) in [4.78, 5) is 26.0. The van der Waals surface area contributed by atoms with Crippen LogP contribution in [0.25, 0.3) is 0 Å². The Morgan fingerprint density at radius 2 is 2.17 bits per heavy atom. The van der Waals surface area contributed by atoms with Crippen molar-refractivity contribution in [2.75, 3.05) is 13.1 Å². The summed E-state index contributed by atoms with van der Waals surface area (Å²) >= 11 is 0. The standard InChI is InChI=1S/C14H24N2O2/c1-2-9-15-14(18)16-10-4-3-7-12(16)11-6-5-8-13(11)17/h11-12H,2-10H2,1H3,(H,15,18). The van der Waals surface area contributed by atoms with Crippen molar-refractivity contribution < 1.29 is 9.59 Å². The average Bonchev–Trinajstić information content (AvgIpc) is 2.82. The van der Waals surface area contributed by atoms with Gasteiger partial charge in [-0.05, 0) is 38.5 Å². The zero-order valence-corrected chi connectivity index (χ0v) is 11.3. The van der Waals surface area contributed by atoms with Crippen molar-refractivity contribution in [3.05, 3.63) is 0 Å². The Labute approximate surface area is 109 Å². The quantitative estimate of drug-likeness (QED) is 0.838. The molecule has 1 heterocycles. The van der Waals surface area contributed by atoms with Crippen LogP contribution in [0, 0.1) is 5.92 Å². The largest absolute Gasteiger partial charge is 0.338 e. The van der Waals surface area contributed by atoms with Crippen molar-refractivity contribution in [2.45, 2.75) is 57.9 Å².